The summed E-state index contributed by atoms with van der Waals surface area (Å²) in [7, 11) is 0. The second kappa shape index (κ2) is 9.54. The van der Waals surface area contributed by atoms with E-state index in [0.29, 0.717) is 16.8 Å². The van der Waals surface area contributed by atoms with Gasteiger partial charge in [0, 0.05) is 37.3 Å². The van der Waals surface area contributed by atoms with Gasteiger partial charge in [0.1, 0.15) is 0 Å². The monoisotopic (exact) mass is 442 g/mol. The van der Waals surface area contributed by atoms with E-state index >= 15 is 0 Å². The van der Waals surface area contributed by atoms with E-state index in [1.165, 1.54) is 0 Å². The molecular formula is C26H26N4O3. The molecule has 2 aliphatic heterocycles. The largest absolute Gasteiger partial charge is 0.379 e. The Bertz CT molecular complexity index is 1190. The number of carbonyl (C=O) groups excluding carboxylic acids is 1. The third-order valence-electron chi connectivity index (χ3n) is 6.13. The van der Waals surface area contributed by atoms with Gasteiger partial charge in [-0.05, 0) is 24.3 Å². The quantitative estimate of drug-likeness (QED) is 0.465. The van der Waals surface area contributed by atoms with Crippen molar-refractivity contribution >= 4 is 28.7 Å². The fourth-order valence-electron chi connectivity index (χ4n) is 4.47. The predicted molar refractivity (Wildman–Crippen MR) is 128 cm³/mol. The summed E-state index contributed by atoms with van der Waals surface area (Å²) in [5.74, 6) is -0.563. The number of rotatable bonds is 5. The normalized spacial score (nSPS) is 15.8. The van der Waals surface area contributed by atoms with Crippen molar-refractivity contribution in [2.75, 3.05) is 44.3 Å². The van der Waals surface area contributed by atoms with Crippen molar-refractivity contribution in [2.24, 2.45) is 4.99 Å². The average molecular weight is 443 g/mol. The molecule has 1 fully saturated rings. The maximum Gasteiger partial charge on any atom is 0.275 e. The molecule has 1 saturated heterocycles. The molecular weight excluding hydrogens is 416 g/mol. The Kier molecular flexibility index (Phi) is 6.17. The topological polar surface area (TPSA) is 77.4 Å². The molecule has 2 aliphatic rings. The van der Waals surface area contributed by atoms with Gasteiger partial charge < -0.3 is 9.64 Å². The van der Waals surface area contributed by atoms with Gasteiger partial charge in [0.05, 0.1) is 41.6 Å². The first-order valence-electron chi connectivity index (χ1n) is 11.1. The third-order valence-corrected chi connectivity index (χ3v) is 6.13. The van der Waals surface area contributed by atoms with Crippen molar-refractivity contribution in [3.8, 4) is 0 Å². The molecule has 0 radical (unpaired) electrons. The van der Waals surface area contributed by atoms with Crippen LogP contribution in [0.4, 0.5) is 17.1 Å². The Labute approximate surface area is 192 Å². The van der Waals surface area contributed by atoms with Crippen LogP contribution in [0.1, 0.15) is 21.5 Å². The number of nitrogens with one attached hydrogen (secondary N) is 1. The number of carbonyl (C=O) groups is 1. The molecule has 0 saturated carbocycles. The van der Waals surface area contributed by atoms with E-state index < -0.39 is 5.91 Å². The highest BCUT2D eigenvalue weighted by Gasteiger charge is 2.26. The van der Waals surface area contributed by atoms with Gasteiger partial charge in [-0.25, -0.2) is 10.5 Å². The minimum absolute atomic E-state index is 0.368. The molecule has 33 heavy (non-hydrogen) atoms. The standard InChI is InChI=1S/C26H26N4O3/c31-26(28-32)20-8-2-1-7-19(20)25-21-9-3-5-11-23(21)30(14-13-29-15-17-33-18-16-29)24-12-6-4-10-22(24)27-25/h1-12,32H,13-18H2,(H,28,31). The highest BCUT2D eigenvalue weighted by molar-refractivity contribution is 6.22. The molecule has 0 unspecified atom stereocenters. The maximum atomic E-state index is 12.4. The molecule has 168 valence electrons. The number of para-hydroxylation sites is 3. The molecule has 3 aromatic carbocycles. The molecule has 0 bridgehead atoms. The Morgan fingerprint density at radius 1 is 0.879 bits per heavy atom. The molecule has 1 amide bonds. The van der Waals surface area contributed by atoms with Crippen LogP contribution in [0.5, 0.6) is 0 Å². The molecule has 3 aromatic rings. The zero-order valence-electron chi connectivity index (χ0n) is 18.3. The maximum absolute atomic E-state index is 12.4. The lowest BCUT2D eigenvalue weighted by atomic mass is 9.95. The zero-order chi connectivity index (χ0) is 22.6. The van der Waals surface area contributed by atoms with Crippen molar-refractivity contribution in [1.82, 2.24) is 10.4 Å². The second-order valence-corrected chi connectivity index (χ2v) is 8.06. The van der Waals surface area contributed by atoms with Crippen molar-refractivity contribution < 1.29 is 14.7 Å². The molecule has 0 spiro atoms. The summed E-state index contributed by atoms with van der Waals surface area (Å²) in [6.07, 6.45) is 0. The van der Waals surface area contributed by atoms with E-state index in [4.69, 9.17) is 9.73 Å². The Balaban J connectivity index is 1.63. The molecule has 7 nitrogen and oxygen atoms in total. The number of hydrogen-bond acceptors (Lipinski definition) is 6. The van der Waals surface area contributed by atoms with Gasteiger partial charge in [-0.1, -0.05) is 48.5 Å². The van der Waals surface area contributed by atoms with Gasteiger partial charge in [-0.3, -0.25) is 14.9 Å². The zero-order valence-corrected chi connectivity index (χ0v) is 18.3. The number of ether oxygens (including phenoxy) is 1. The van der Waals surface area contributed by atoms with Gasteiger partial charge >= 0.3 is 0 Å². The second-order valence-electron chi connectivity index (χ2n) is 8.06. The van der Waals surface area contributed by atoms with Crippen molar-refractivity contribution in [3.05, 3.63) is 89.5 Å². The van der Waals surface area contributed by atoms with E-state index in [0.717, 1.165) is 62.0 Å². The predicted octanol–water partition coefficient (Wildman–Crippen LogP) is 3.76. The van der Waals surface area contributed by atoms with Crippen LogP contribution in [0.25, 0.3) is 0 Å². The summed E-state index contributed by atoms with van der Waals surface area (Å²) >= 11 is 0. The van der Waals surface area contributed by atoms with Crippen LogP contribution in [-0.2, 0) is 4.74 Å². The fraction of sp³-hybridized carbons (Fsp3) is 0.231. The summed E-state index contributed by atoms with van der Waals surface area (Å²) in [5, 5.41) is 9.29. The number of fused-ring (bicyclic) bond motifs is 2. The number of amides is 1. The fourth-order valence-corrected chi connectivity index (χ4v) is 4.47. The lowest BCUT2D eigenvalue weighted by Gasteiger charge is -2.31. The van der Waals surface area contributed by atoms with Crippen LogP contribution in [0.2, 0.25) is 0 Å². The SMILES string of the molecule is O=C(NO)c1ccccc1C1=Nc2ccccc2N(CCN2CCOCC2)c2ccccc21. The number of aliphatic imine (C=N–C) groups is 1. The van der Waals surface area contributed by atoms with Crippen molar-refractivity contribution in [3.63, 3.8) is 0 Å². The molecule has 5 rings (SSSR count). The average Bonchev–Trinajstić information content (AvgIpc) is 3.02. The van der Waals surface area contributed by atoms with Crippen LogP contribution >= 0.6 is 0 Å². The van der Waals surface area contributed by atoms with E-state index in [9.17, 15) is 10.0 Å². The summed E-state index contributed by atoms with van der Waals surface area (Å²) < 4.78 is 5.50. The lowest BCUT2D eigenvalue weighted by molar-refractivity contribution is 0.0394. The Morgan fingerprint density at radius 2 is 1.55 bits per heavy atom. The molecule has 2 heterocycles. The van der Waals surface area contributed by atoms with Crippen molar-refractivity contribution in [2.45, 2.75) is 0 Å². The van der Waals surface area contributed by atoms with Crippen LogP contribution in [0.15, 0.2) is 77.8 Å². The van der Waals surface area contributed by atoms with Gasteiger partial charge in [0.2, 0.25) is 0 Å². The van der Waals surface area contributed by atoms with Gasteiger partial charge in [-0.15, -0.1) is 0 Å². The molecule has 0 atom stereocenters. The Hall–Kier alpha value is -3.52. The van der Waals surface area contributed by atoms with Crippen LogP contribution < -0.4 is 10.4 Å². The number of hydrogen-bond donors (Lipinski definition) is 2. The minimum atomic E-state index is -0.563. The highest BCUT2D eigenvalue weighted by atomic mass is 16.5. The van der Waals surface area contributed by atoms with Gasteiger partial charge in [0.15, 0.2) is 0 Å². The summed E-state index contributed by atoms with van der Waals surface area (Å²) in [6.45, 7) is 5.11. The number of anilines is 2. The number of nitrogens with zero attached hydrogens (tertiary/aromatic N) is 3. The van der Waals surface area contributed by atoms with E-state index in [1.54, 1.807) is 17.6 Å². The van der Waals surface area contributed by atoms with Crippen LogP contribution in [0.3, 0.4) is 0 Å². The molecule has 0 aromatic heterocycles. The lowest BCUT2D eigenvalue weighted by Crippen LogP contribution is -2.40. The highest BCUT2D eigenvalue weighted by Crippen LogP contribution is 2.40. The van der Waals surface area contributed by atoms with E-state index in [1.807, 2.05) is 48.5 Å². The number of hydroxylamine groups is 1. The van der Waals surface area contributed by atoms with Crippen molar-refractivity contribution in [1.29, 1.82) is 0 Å². The molecule has 0 aliphatic carbocycles. The first-order chi connectivity index (χ1) is 16.3. The van der Waals surface area contributed by atoms with Gasteiger partial charge in [0.25, 0.3) is 5.91 Å². The molecule has 2 N–H and O–H groups in total. The smallest absolute Gasteiger partial charge is 0.275 e. The van der Waals surface area contributed by atoms with Crippen LogP contribution in [0, 0.1) is 0 Å². The first kappa shape index (κ1) is 21.3. The Morgan fingerprint density at radius 3 is 2.33 bits per heavy atom. The summed E-state index contributed by atoms with van der Waals surface area (Å²) in [4.78, 5) is 22.2. The number of benzene rings is 3. The number of morpholine rings is 1. The molecule has 7 heteroatoms. The van der Waals surface area contributed by atoms with Gasteiger partial charge in [-0.2, -0.15) is 0 Å². The first-order valence-corrected chi connectivity index (χ1v) is 11.1. The summed E-state index contributed by atoms with van der Waals surface area (Å²) in [6, 6.07) is 23.4. The van der Waals surface area contributed by atoms with E-state index in [-0.39, 0.29) is 0 Å². The van der Waals surface area contributed by atoms with E-state index in [2.05, 4.69) is 21.9 Å². The summed E-state index contributed by atoms with van der Waals surface area (Å²) in [5.41, 5.74) is 7.34. The minimum Gasteiger partial charge on any atom is -0.379 e. The van der Waals surface area contributed by atoms with Crippen LogP contribution in [-0.4, -0.2) is 61.1 Å². The third kappa shape index (κ3) is 4.26.